The Morgan fingerprint density at radius 3 is 2.05 bits per heavy atom. The van der Waals surface area contributed by atoms with Crippen molar-refractivity contribution < 1.29 is 14.3 Å². The molecule has 0 saturated carbocycles. The lowest BCUT2D eigenvalue weighted by molar-refractivity contribution is 0.0954. The summed E-state index contributed by atoms with van der Waals surface area (Å²) in [6, 6.07) is 31.1. The van der Waals surface area contributed by atoms with E-state index in [0.29, 0.717) is 29.4 Å². The van der Waals surface area contributed by atoms with Crippen molar-refractivity contribution in [1.29, 1.82) is 0 Å². The molecular formula is C36H41N5O3. The van der Waals surface area contributed by atoms with Gasteiger partial charge in [-0.25, -0.2) is 4.79 Å². The summed E-state index contributed by atoms with van der Waals surface area (Å²) in [5.74, 6) is 1.10. The number of ether oxygens (including phenoxy) is 1. The summed E-state index contributed by atoms with van der Waals surface area (Å²) < 4.78 is 5.58. The second kappa shape index (κ2) is 14.5. The number of urea groups is 1. The average molecular weight is 592 g/mol. The van der Waals surface area contributed by atoms with Crippen LogP contribution in [0.1, 0.15) is 41.3 Å². The normalized spacial score (nSPS) is 13.0. The fourth-order valence-electron chi connectivity index (χ4n) is 5.46. The second-order valence-electron chi connectivity index (χ2n) is 11.2. The number of nitrogens with one attached hydrogen (secondary N) is 3. The van der Waals surface area contributed by atoms with Crippen molar-refractivity contribution in [3.63, 3.8) is 0 Å². The summed E-state index contributed by atoms with van der Waals surface area (Å²) >= 11 is 0. The molecule has 0 aromatic heterocycles. The Bertz CT molecular complexity index is 1550. The standard InChI is InChI=1S/C36H41N5O3/c1-26(2)28-13-15-29(16-14-28)38-36(43)39-30-17-18-32(31(25-30)35(42)37-20-19-27-9-5-4-6-10-27)40-21-23-41(24-22-40)33-11-7-8-12-34(33)44-3/h4-18,25-26H,19-24H2,1-3H3,(H,37,42)(H2,38,39,43). The molecule has 0 aliphatic carbocycles. The third-order valence-electron chi connectivity index (χ3n) is 7.92. The zero-order valence-corrected chi connectivity index (χ0v) is 25.7. The highest BCUT2D eigenvalue weighted by molar-refractivity contribution is 6.04. The first-order valence-corrected chi connectivity index (χ1v) is 15.2. The molecule has 0 atom stereocenters. The van der Waals surface area contributed by atoms with Gasteiger partial charge in [0.05, 0.1) is 18.4 Å². The number of piperazine rings is 1. The van der Waals surface area contributed by atoms with Crippen LogP contribution in [0.5, 0.6) is 5.75 Å². The lowest BCUT2D eigenvalue weighted by Crippen LogP contribution is -2.47. The highest BCUT2D eigenvalue weighted by Gasteiger charge is 2.24. The van der Waals surface area contributed by atoms with Gasteiger partial charge in [-0.15, -0.1) is 0 Å². The van der Waals surface area contributed by atoms with Gasteiger partial charge in [0.15, 0.2) is 0 Å². The van der Waals surface area contributed by atoms with E-state index in [1.807, 2.05) is 72.8 Å². The smallest absolute Gasteiger partial charge is 0.323 e. The number of hydrogen-bond donors (Lipinski definition) is 3. The highest BCUT2D eigenvalue weighted by atomic mass is 16.5. The Morgan fingerprint density at radius 2 is 1.36 bits per heavy atom. The molecule has 8 nitrogen and oxygen atoms in total. The van der Waals surface area contributed by atoms with E-state index >= 15 is 0 Å². The van der Waals surface area contributed by atoms with Crippen molar-refractivity contribution in [3.8, 4) is 5.75 Å². The van der Waals surface area contributed by atoms with E-state index in [9.17, 15) is 9.59 Å². The summed E-state index contributed by atoms with van der Waals surface area (Å²) in [5, 5.41) is 8.88. The first-order chi connectivity index (χ1) is 21.4. The van der Waals surface area contributed by atoms with Crippen LogP contribution in [-0.4, -0.2) is 51.8 Å². The Morgan fingerprint density at radius 1 is 0.750 bits per heavy atom. The largest absolute Gasteiger partial charge is 0.495 e. The van der Waals surface area contributed by atoms with Gasteiger partial charge in [0.25, 0.3) is 5.91 Å². The molecule has 1 heterocycles. The fraction of sp³-hybridized carbons (Fsp3) is 0.278. The van der Waals surface area contributed by atoms with Gasteiger partial charge in [-0.3, -0.25) is 4.79 Å². The molecule has 1 saturated heterocycles. The van der Waals surface area contributed by atoms with Crippen molar-refractivity contribution in [2.45, 2.75) is 26.2 Å². The first-order valence-electron chi connectivity index (χ1n) is 15.2. The van der Waals surface area contributed by atoms with E-state index < -0.39 is 0 Å². The number of amides is 3. The molecule has 3 amide bonds. The number of para-hydroxylation sites is 2. The average Bonchev–Trinajstić information content (AvgIpc) is 3.05. The summed E-state index contributed by atoms with van der Waals surface area (Å²) in [6.45, 7) is 7.82. The molecule has 0 unspecified atom stereocenters. The van der Waals surface area contributed by atoms with E-state index in [1.165, 1.54) is 5.56 Å². The molecule has 228 valence electrons. The minimum atomic E-state index is -0.365. The van der Waals surface area contributed by atoms with Crippen molar-refractivity contribution in [3.05, 3.63) is 114 Å². The predicted molar refractivity (Wildman–Crippen MR) is 180 cm³/mol. The first kappa shape index (κ1) is 30.5. The quantitative estimate of drug-likeness (QED) is 0.190. The van der Waals surface area contributed by atoms with Crippen molar-refractivity contribution in [2.75, 3.05) is 60.3 Å². The highest BCUT2D eigenvalue weighted by Crippen LogP contribution is 2.31. The lowest BCUT2D eigenvalue weighted by Gasteiger charge is -2.38. The van der Waals surface area contributed by atoms with Gasteiger partial charge in [-0.05, 0) is 65.9 Å². The Labute approximate surface area is 260 Å². The monoisotopic (exact) mass is 591 g/mol. The van der Waals surface area contributed by atoms with Crippen LogP contribution in [0.4, 0.5) is 27.5 Å². The fourth-order valence-corrected chi connectivity index (χ4v) is 5.46. The number of carbonyl (C=O) groups excluding carboxylic acids is 2. The molecule has 0 spiro atoms. The molecule has 0 bridgehead atoms. The molecule has 0 radical (unpaired) electrons. The van der Waals surface area contributed by atoms with Gasteiger partial charge in [0, 0.05) is 49.8 Å². The van der Waals surface area contributed by atoms with Crippen molar-refractivity contribution in [2.24, 2.45) is 0 Å². The maximum absolute atomic E-state index is 13.6. The number of hydrogen-bond acceptors (Lipinski definition) is 5. The third kappa shape index (κ3) is 7.69. The van der Waals surface area contributed by atoms with Gasteiger partial charge < -0.3 is 30.5 Å². The molecule has 44 heavy (non-hydrogen) atoms. The number of rotatable bonds is 10. The Kier molecular flexibility index (Phi) is 10.0. The molecule has 4 aromatic carbocycles. The Hall–Kier alpha value is -4.98. The van der Waals surface area contributed by atoms with Gasteiger partial charge in [-0.1, -0.05) is 68.4 Å². The van der Waals surface area contributed by atoms with E-state index in [0.717, 1.165) is 55.3 Å². The summed E-state index contributed by atoms with van der Waals surface area (Å²) in [6.07, 6.45) is 0.732. The molecule has 4 aromatic rings. The molecule has 8 heteroatoms. The van der Waals surface area contributed by atoms with Gasteiger partial charge in [-0.2, -0.15) is 0 Å². The lowest BCUT2D eigenvalue weighted by atomic mass is 10.0. The molecule has 3 N–H and O–H groups in total. The van der Waals surface area contributed by atoms with E-state index in [2.05, 4.69) is 57.8 Å². The zero-order valence-electron chi connectivity index (χ0n) is 25.7. The van der Waals surface area contributed by atoms with Crippen molar-refractivity contribution >= 4 is 34.7 Å². The molecule has 1 fully saturated rings. The van der Waals surface area contributed by atoms with Gasteiger partial charge in [0.1, 0.15) is 5.75 Å². The molecular weight excluding hydrogens is 550 g/mol. The van der Waals surface area contributed by atoms with E-state index in [1.54, 1.807) is 13.2 Å². The summed E-state index contributed by atoms with van der Waals surface area (Å²) in [7, 11) is 1.69. The summed E-state index contributed by atoms with van der Waals surface area (Å²) in [4.78, 5) is 31.0. The number of nitrogens with zero attached hydrogens (tertiary/aromatic N) is 2. The zero-order chi connectivity index (χ0) is 30.9. The topological polar surface area (TPSA) is 85.9 Å². The van der Waals surface area contributed by atoms with Crippen LogP contribution >= 0.6 is 0 Å². The van der Waals surface area contributed by atoms with Crippen LogP contribution in [0.15, 0.2) is 97.1 Å². The van der Waals surface area contributed by atoms with Gasteiger partial charge >= 0.3 is 6.03 Å². The number of benzene rings is 4. The van der Waals surface area contributed by atoms with Crippen LogP contribution < -0.4 is 30.5 Å². The number of carbonyl (C=O) groups is 2. The van der Waals surface area contributed by atoms with Crippen LogP contribution in [0.3, 0.4) is 0 Å². The molecule has 1 aliphatic heterocycles. The predicted octanol–water partition coefficient (Wildman–Crippen LogP) is 6.76. The van der Waals surface area contributed by atoms with Crippen LogP contribution in [0.2, 0.25) is 0 Å². The third-order valence-corrected chi connectivity index (χ3v) is 7.92. The van der Waals surface area contributed by atoms with E-state index in [-0.39, 0.29) is 11.9 Å². The van der Waals surface area contributed by atoms with Gasteiger partial charge in [0.2, 0.25) is 0 Å². The second-order valence-corrected chi connectivity index (χ2v) is 11.2. The summed E-state index contributed by atoms with van der Waals surface area (Å²) in [5.41, 5.74) is 6.06. The SMILES string of the molecule is COc1ccccc1N1CCN(c2ccc(NC(=O)Nc3ccc(C(C)C)cc3)cc2C(=O)NCCc2ccccc2)CC1. The maximum Gasteiger partial charge on any atom is 0.323 e. The van der Waals surface area contributed by atoms with E-state index in [4.69, 9.17) is 4.74 Å². The van der Waals surface area contributed by atoms with Crippen LogP contribution in [0, 0.1) is 0 Å². The minimum Gasteiger partial charge on any atom is -0.495 e. The Balaban J connectivity index is 1.30. The molecule has 5 rings (SSSR count). The van der Waals surface area contributed by atoms with Crippen molar-refractivity contribution in [1.82, 2.24) is 5.32 Å². The number of anilines is 4. The minimum absolute atomic E-state index is 0.170. The number of methoxy groups -OCH3 is 1. The van der Waals surface area contributed by atoms with Crippen LogP contribution in [-0.2, 0) is 6.42 Å². The molecule has 1 aliphatic rings. The maximum atomic E-state index is 13.6. The van der Waals surface area contributed by atoms with Crippen LogP contribution in [0.25, 0.3) is 0 Å².